The van der Waals surface area contributed by atoms with Gasteiger partial charge in [0.15, 0.2) is 0 Å². The lowest BCUT2D eigenvalue weighted by Gasteiger charge is -2.19. The van der Waals surface area contributed by atoms with E-state index >= 15 is 0 Å². The van der Waals surface area contributed by atoms with Crippen LogP contribution in [-0.4, -0.2) is 45.8 Å². The molecule has 0 aromatic rings. The van der Waals surface area contributed by atoms with Crippen molar-refractivity contribution < 1.29 is 15.0 Å². The number of aliphatic hydroxyl groups excluding tert-OH is 1. The number of hydrogen-bond donors (Lipinski definition) is 2. The molecule has 0 spiro atoms. The van der Waals surface area contributed by atoms with Gasteiger partial charge < -0.3 is 15.1 Å². The monoisotopic (exact) mass is 201 g/mol. The van der Waals surface area contributed by atoms with E-state index in [1.807, 2.05) is 0 Å². The Morgan fingerprint density at radius 2 is 2.29 bits per heavy atom. The van der Waals surface area contributed by atoms with E-state index in [2.05, 4.69) is 0 Å². The minimum absolute atomic E-state index is 0.0312. The van der Waals surface area contributed by atoms with Crippen LogP contribution < -0.4 is 0 Å². The van der Waals surface area contributed by atoms with Gasteiger partial charge in [0.25, 0.3) is 0 Å². The molecule has 1 saturated heterocycles. The fraction of sp³-hybridized carbons (Fsp3) is 0.900. The Labute approximate surface area is 84.5 Å². The number of likely N-dealkylation sites (tertiary alicyclic amines) is 1. The van der Waals surface area contributed by atoms with Crippen LogP contribution in [0.3, 0.4) is 0 Å². The first kappa shape index (κ1) is 11.5. The summed E-state index contributed by atoms with van der Waals surface area (Å²) in [5, 5.41) is 18.7. The average Bonchev–Trinajstić information content (AvgIpc) is 2.41. The van der Waals surface area contributed by atoms with Crippen LogP contribution in [0.15, 0.2) is 0 Å². The summed E-state index contributed by atoms with van der Waals surface area (Å²) in [6, 6.07) is 0. The molecule has 0 aromatic heterocycles. The summed E-state index contributed by atoms with van der Waals surface area (Å²) in [5.41, 5.74) is -0.722. The molecule has 1 heterocycles. The number of nitrogens with zero attached hydrogens (tertiary/aromatic N) is 1. The van der Waals surface area contributed by atoms with Crippen LogP contribution >= 0.6 is 0 Å². The van der Waals surface area contributed by atoms with Crippen molar-refractivity contribution in [3.8, 4) is 0 Å². The highest BCUT2D eigenvalue weighted by atomic mass is 16.3. The second kappa shape index (κ2) is 4.28. The van der Waals surface area contributed by atoms with E-state index < -0.39 is 11.7 Å². The molecule has 1 amide bonds. The van der Waals surface area contributed by atoms with E-state index in [9.17, 15) is 9.90 Å². The smallest absolute Gasteiger partial charge is 0.222 e. The number of aliphatic hydroxyl groups is 2. The maximum Gasteiger partial charge on any atom is 0.222 e. The largest absolute Gasteiger partial charge is 0.393 e. The molecular weight excluding hydrogens is 182 g/mol. The Bertz CT molecular complexity index is 213. The lowest BCUT2D eigenvalue weighted by molar-refractivity contribution is -0.131. The van der Waals surface area contributed by atoms with Gasteiger partial charge in [-0.2, -0.15) is 0 Å². The second-order valence-electron chi connectivity index (χ2n) is 4.45. The molecule has 1 fully saturated rings. The van der Waals surface area contributed by atoms with Crippen molar-refractivity contribution in [3.63, 3.8) is 0 Å². The van der Waals surface area contributed by atoms with Crippen LogP contribution in [0.25, 0.3) is 0 Å². The molecule has 1 rings (SSSR count). The van der Waals surface area contributed by atoms with Gasteiger partial charge in [-0.25, -0.2) is 0 Å². The van der Waals surface area contributed by atoms with E-state index in [1.54, 1.807) is 18.7 Å². The van der Waals surface area contributed by atoms with Crippen LogP contribution in [0.5, 0.6) is 0 Å². The zero-order valence-corrected chi connectivity index (χ0v) is 8.86. The maximum atomic E-state index is 11.5. The Balaban J connectivity index is 2.33. The van der Waals surface area contributed by atoms with Gasteiger partial charge in [0.1, 0.15) is 0 Å². The number of carbonyl (C=O) groups is 1. The first-order valence-electron chi connectivity index (χ1n) is 5.09. The van der Waals surface area contributed by atoms with Gasteiger partial charge in [-0.15, -0.1) is 0 Å². The average molecular weight is 201 g/mol. The van der Waals surface area contributed by atoms with Crippen molar-refractivity contribution in [1.82, 2.24) is 4.90 Å². The molecular formula is C10H19NO3. The van der Waals surface area contributed by atoms with E-state index in [0.29, 0.717) is 32.4 Å². The predicted molar refractivity (Wildman–Crippen MR) is 52.7 cm³/mol. The Hall–Kier alpha value is -0.610. The van der Waals surface area contributed by atoms with Crippen molar-refractivity contribution in [3.05, 3.63) is 0 Å². The number of carbonyl (C=O) groups excluding carboxylic acids is 1. The SMILES string of the molecule is CC(O)CCC(=O)N1CCC(C)(O)C1. The third-order valence-corrected chi connectivity index (χ3v) is 2.58. The lowest BCUT2D eigenvalue weighted by atomic mass is 10.1. The van der Waals surface area contributed by atoms with Crippen LogP contribution in [-0.2, 0) is 4.79 Å². The molecule has 0 saturated carbocycles. The van der Waals surface area contributed by atoms with Crippen LogP contribution in [0.2, 0.25) is 0 Å². The molecule has 0 bridgehead atoms. The molecule has 1 aliphatic heterocycles. The van der Waals surface area contributed by atoms with Gasteiger partial charge in [-0.1, -0.05) is 0 Å². The highest BCUT2D eigenvalue weighted by molar-refractivity contribution is 5.76. The first-order valence-corrected chi connectivity index (χ1v) is 5.09. The molecule has 4 heteroatoms. The van der Waals surface area contributed by atoms with Crippen molar-refractivity contribution in [2.24, 2.45) is 0 Å². The van der Waals surface area contributed by atoms with E-state index in [0.717, 1.165) is 0 Å². The quantitative estimate of drug-likeness (QED) is 0.682. The third-order valence-electron chi connectivity index (χ3n) is 2.58. The van der Waals surface area contributed by atoms with Gasteiger partial charge in [-0.05, 0) is 26.7 Å². The fourth-order valence-corrected chi connectivity index (χ4v) is 1.65. The summed E-state index contributed by atoms with van der Waals surface area (Å²) in [5.74, 6) is 0.0312. The van der Waals surface area contributed by atoms with E-state index in [4.69, 9.17) is 5.11 Å². The fourth-order valence-electron chi connectivity index (χ4n) is 1.65. The van der Waals surface area contributed by atoms with Crippen molar-refractivity contribution in [2.45, 2.75) is 44.8 Å². The summed E-state index contributed by atoms with van der Waals surface area (Å²) in [7, 11) is 0. The molecule has 0 aromatic carbocycles. The standard InChI is InChI=1S/C10H19NO3/c1-8(12)3-4-9(13)11-6-5-10(2,14)7-11/h8,12,14H,3-7H2,1-2H3. The summed E-state index contributed by atoms with van der Waals surface area (Å²) in [6.07, 6.45) is 1.08. The molecule has 2 atom stereocenters. The summed E-state index contributed by atoms with van der Waals surface area (Å²) >= 11 is 0. The molecule has 2 N–H and O–H groups in total. The molecule has 1 aliphatic rings. The number of amides is 1. The molecule has 4 nitrogen and oxygen atoms in total. The normalized spacial score (nSPS) is 29.3. The summed E-state index contributed by atoms with van der Waals surface area (Å²) in [6.45, 7) is 4.47. The number of rotatable bonds is 3. The summed E-state index contributed by atoms with van der Waals surface area (Å²) < 4.78 is 0. The van der Waals surface area contributed by atoms with Crippen molar-refractivity contribution in [2.75, 3.05) is 13.1 Å². The highest BCUT2D eigenvalue weighted by Gasteiger charge is 2.33. The summed E-state index contributed by atoms with van der Waals surface area (Å²) in [4.78, 5) is 13.2. The van der Waals surface area contributed by atoms with E-state index in [-0.39, 0.29) is 5.91 Å². The van der Waals surface area contributed by atoms with Crippen molar-refractivity contribution >= 4 is 5.91 Å². The van der Waals surface area contributed by atoms with Crippen LogP contribution in [0.1, 0.15) is 33.1 Å². The van der Waals surface area contributed by atoms with Crippen molar-refractivity contribution in [1.29, 1.82) is 0 Å². The van der Waals surface area contributed by atoms with Crippen LogP contribution in [0, 0.1) is 0 Å². The molecule has 82 valence electrons. The van der Waals surface area contributed by atoms with Gasteiger partial charge in [0.05, 0.1) is 11.7 Å². The maximum absolute atomic E-state index is 11.5. The van der Waals surface area contributed by atoms with Gasteiger partial charge in [0, 0.05) is 19.5 Å². The second-order valence-corrected chi connectivity index (χ2v) is 4.45. The molecule has 0 aliphatic carbocycles. The molecule has 2 unspecified atom stereocenters. The Kier molecular flexibility index (Phi) is 3.50. The van der Waals surface area contributed by atoms with Gasteiger partial charge >= 0.3 is 0 Å². The minimum atomic E-state index is -0.722. The van der Waals surface area contributed by atoms with E-state index in [1.165, 1.54) is 0 Å². The predicted octanol–water partition coefficient (Wildman–Crippen LogP) is 0.131. The number of hydrogen-bond acceptors (Lipinski definition) is 3. The highest BCUT2D eigenvalue weighted by Crippen LogP contribution is 2.21. The Morgan fingerprint density at radius 1 is 1.64 bits per heavy atom. The minimum Gasteiger partial charge on any atom is -0.393 e. The van der Waals surface area contributed by atoms with Gasteiger partial charge in [-0.3, -0.25) is 4.79 Å². The Morgan fingerprint density at radius 3 is 2.71 bits per heavy atom. The lowest BCUT2D eigenvalue weighted by Crippen LogP contribution is -2.34. The zero-order chi connectivity index (χ0) is 10.8. The molecule has 0 radical (unpaired) electrons. The topological polar surface area (TPSA) is 60.8 Å². The first-order chi connectivity index (χ1) is 6.41. The molecule has 14 heavy (non-hydrogen) atoms. The third kappa shape index (κ3) is 3.27. The van der Waals surface area contributed by atoms with Gasteiger partial charge in [0.2, 0.25) is 5.91 Å². The zero-order valence-electron chi connectivity index (χ0n) is 8.86. The van der Waals surface area contributed by atoms with Crippen LogP contribution in [0.4, 0.5) is 0 Å². The number of β-amino-alcohol motifs (C(OH)–C–C–N with tert-alkyl or cyclic N) is 1.